The third kappa shape index (κ3) is 6.23. The van der Waals surface area contributed by atoms with E-state index in [1.54, 1.807) is 65.8 Å². The Morgan fingerprint density at radius 1 is 0.833 bits per heavy atom. The standard InChI is InChI=1S/C38H46N4O6/c1-35(2,3)47-33(45)39-21-13-15-27-25(17-21)37(7,8)29(41(27)11)19-23-31(43)24(32(23)44)20-30-38(9,10)26-18-22(14-16-28(26)42(30)12)40-34(46)48-36(4,5)6/h13-20H,1-12H3,(H2-,39,40,43,44,45,46). The molecule has 0 unspecified atom stereocenters. The van der Waals surface area contributed by atoms with Crippen LogP contribution in [0.1, 0.15) is 80.4 Å². The van der Waals surface area contributed by atoms with E-state index in [9.17, 15) is 19.5 Å². The summed E-state index contributed by atoms with van der Waals surface area (Å²) in [5.41, 5.74) is 4.41. The molecule has 0 saturated heterocycles. The molecule has 2 aromatic carbocycles. The maximum absolute atomic E-state index is 13.6. The molecule has 5 rings (SSSR count). The first-order valence-corrected chi connectivity index (χ1v) is 16.1. The number of nitrogens with one attached hydrogen (secondary N) is 2. The highest BCUT2D eigenvalue weighted by atomic mass is 16.6. The number of anilines is 3. The van der Waals surface area contributed by atoms with Gasteiger partial charge in [-0.05, 0) is 97.4 Å². The van der Waals surface area contributed by atoms with Gasteiger partial charge in [-0.1, -0.05) is 19.6 Å². The number of carbonyl (C=O) groups excluding carboxylic acids is 3. The number of hydrogen-bond donors (Lipinski definition) is 2. The van der Waals surface area contributed by atoms with E-state index in [1.807, 2.05) is 75.5 Å². The molecule has 10 nitrogen and oxygen atoms in total. The zero-order valence-electron chi connectivity index (χ0n) is 30.0. The average molecular weight is 655 g/mol. The average Bonchev–Trinajstić information content (AvgIpc) is 3.24. The summed E-state index contributed by atoms with van der Waals surface area (Å²) >= 11 is 0. The minimum atomic E-state index is -0.627. The van der Waals surface area contributed by atoms with Crippen LogP contribution in [0.3, 0.4) is 0 Å². The van der Waals surface area contributed by atoms with Gasteiger partial charge in [0.1, 0.15) is 18.2 Å². The van der Waals surface area contributed by atoms with Crippen LogP contribution >= 0.6 is 0 Å². The molecule has 2 amide bonds. The van der Waals surface area contributed by atoms with E-state index >= 15 is 0 Å². The summed E-state index contributed by atoms with van der Waals surface area (Å²) in [6.07, 6.45) is 2.30. The fourth-order valence-electron chi connectivity index (χ4n) is 6.55. The highest BCUT2D eigenvalue weighted by molar-refractivity contribution is 6.24. The molecular weight excluding hydrogens is 608 g/mol. The third-order valence-corrected chi connectivity index (χ3v) is 8.90. The van der Waals surface area contributed by atoms with Crippen molar-refractivity contribution in [2.45, 2.75) is 91.3 Å². The van der Waals surface area contributed by atoms with E-state index in [-0.39, 0.29) is 22.7 Å². The van der Waals surface area contributed by atoms with Crippen LogP contribution < -0.4 is 20.6 Å². The number of Topliss-reactive ketones (excluding diaryl/α,β-unsaturated/α-hetero) is 1. The lowest BCUT2D eigenvalue weighted by molar-refractivity contribution is -0.401. The third-order valence-electron chi connectivity index (χ3n) is 8.90. The number of ketones is 1. The number of carbonyl (C=O) groups is 3. The van der Waals surface area contributed by atoms with Crippen molar-refractivity contribution < 1.29 is 33.5 Å². The number of hydrogen-bond acceptors (Lipinski definition) is 7. The van der Waals surface area contributed by atoms with Gasteiger partial charge < -0.3 is 19.5 Å². The van der Waals surface area contributed by atoms with Gasteiger partial charge in [0.2, 0.25) is 5.69 Å². The van der Waals surface area contributed by atoms with Crippen LogP contribution in [0.5, 0.6) is 0 Å². The quantitative estimate of drug-likeness (QED) is 0.274. The van der Waals surface area contributed by atoms with Gasteiger partial charge in [0.25, 0.3) is 0 Å². The minimum Gasteiger partial charge on any atom is -0.871 e. The topological polar surface area (TPSA) is 123 Å². The molecule has 2 N–H and O–H groups in total. The number of amides is 2. The van der Waals surface area contributed by atoms with Crippen LogP contribution in [0.15, 0.2) is 71.2 Å². The molecule has 0 bridgehead atoms. The maximum Gasteiger partial charge on any atom is 0.412 e. The molecule has 0 fully saturated rings. The first-order valence-electron chi connectivity index (χ1n) is 16.1. The first kappa shape index (κ1) is 34.5. The highest BCUT2D eigenvalue weighted by Crippen LogP contribution is 2.49. The Bertz CT molecular complexity index is 1880. The van der Waals surface area contributed by atoms with Gasteiger partial charge in [-0.15, -0.1) is 0 Å². The smallest absolute Gasteiger partial charge is 0.412 e. The Kier molecular flexibility index (Phi) is 8.18. The molecule has 2 aliphatic heterocycles. The molecule has 0 aromatic heterocycles. The molecule has 254 valence electrons. The van der Waals surface area contributed by atoms with Crippen LogP contribution in [0.4, 0.5) is 32.3 Å². The lowest BCUT2D eigenvalue weighted by atomic mass is 9.77. The summed E-state index contributed by atoms with van der Waals surface area (Å²) in [6, 6.07) is 11.2. The Morgan fingerprint density at radius 3 is 1.88 bits per heavy atom. The van der Waals surface area contributed by atoms with Crippen LogP contribution in [0, 0.1) is 0 Å². The Labute approximate surface area is 282 Å². The number of ether oxygens (including phenoxy) is 2. The normalized spacial score (nSPS) is 19.8. The molecule has 48 heavy (non-hydrogen) atoms. The summed E-state index contributed by atoms with van der Waals surface area (Å²) < 4.78 is 12.8. The molecule has 0 saturated carbocycles. The van der Waals surface area contributed by atoms with Crippen molar-refractivity contribution in [1.29, 1.82) is 0 Å². The lowest BCUT2D eigenvalue weighted by Gasteiger charge is -2.32. The monoisotopic (exact) mass is 654 g/mol. The largest absolute Gasteiger partial charge is 0.871 e. The fourth-order valence-corrected chi connectivity index (χ4v) is 6.55. The van der Waals surface area contributed by atoms with E-state index in [4.69, 9.17) is 9.47 Å². The summed E-state index contributed by atoms with van der Waals surface area (Å²) in [4.78, 5) is 40.3. The molecule has 1 aliphatic carbocycles. The molecule has 10 heteroatoms. The molecular formula is C38H46N4O6. The zero-order chi connectivity index (χ0) is 35.7. The highest BCUT2D eigenvalue weighted by Gasteiger charge is 2.45. The second-order valence-electron chi connectivity index (χ2n) is 15.6. The number of rotatable bonds is 4. The summed E-state index contributed by atoms with van der Waals surface area (Å²) in [5, 5.41) is 19.2. The molecule has 2 heterocycles. The number of nitrogens with zero attached hydrogens (tertiary/aromatic N) is 2. The van der Waals surface area contributed by atoms with Crippen molar-refractivity contribution in [2.75, 3.05) is 29.6 Å². The van der Waals surface area contributed by atoms with Crippen LogP contribution in [0.2, 0.25) is 0 Å². The first-order chi connectivity index (χ1) is 22.0. The van der Waals surface area contributed by atoms with E-state index in [0.29, 0.717) is 11.4 Å². The van der Waals surface area contributed by atoms with Crippen molar-refractivity contribution >= 4 is 46.4 Å². The lowest BCUT2D eigenvalue weighted by Crippen LogP contribution is -2.34. The summed E-state index contributed by atoms with van der Waals surface area (Å²) in [7, 11) is 3.81. The Morgan fingerprint density at radius 2 is 1.35 bits per heavy atom. The number of fused-ring (bicyclic) bond motifs is 2. The predicted octanol–water partition coefficient (Wildman–Crippen LogP) is 6.82. The van der Waals surface area contributed by atoms with Crippen LogP contribution in [-0.4, -0.2) is 53.6 Å². The van der Waals surface area contributed by atoms with Gasteiger partial charge in [0.05, 0.1) is 5.41 Å². The van der Waals surface area contributed by atoms with E-state index in [2.05, 4.69) is 10.6 Å². The van der Waals surface area contributed by atoms with Gasteiger partial charge in [-0.25, -0.2) is 9.59 Å². The molecule has 3 aliphatic rings. The summed E-state index contributed by atoms with van der Waals surface area (Å²) in [5.74, 6) is -0.611. The van der Waals surface area contributed by atoms with Gasteiger partial charge >= 0.3 is 12.2 Å². The van der Waals surface area contributed by atoms with Crippen molar-refractivity contribution in [1.82, 2.24) is 0 Å². The predicted molar refractivity (Wildman–Crippen MR) is 186 cm³/mol. The summed E-state index contributed by atoms with van der Waals surface area (Å²) in [6.45, 7) is 18.9. The molecule has 0 atom stereocenters. The number of benzene rings is 2. The van der Waals surface area contributed by atoms with Gasteiger partial charge in [-0.2, -0.15) is 4.58 Å². The van der Waals surface area contributed by atoms with Crippen molar-refractivity contribution in [3.05, 3.63) is 82.3 Å². The van der Waals surface area contributed by atoms with E-state index < -0.39 is 34.2 Å². The SMILES string of the molecule is CN1/C(=C\C2=C([O-])C(=C\C3=[N+](C)c4ccc(NC(=O)OC(C)(C)C)cc4C3(C)C)/C2=O)C(C)(C)c2cc(NC(=O)OC(C)(C)C)ccc21. The van der Waals surface area contributed by atoms with Gasteiger partial charge in [0.15, 0.2) is 11.5 Å². The second kappa shape index (κ2) is 11.4. The Balaban J connectivity index is 1.40. The van der Waals surface area contributed by atoms with Crippen molar-refractivity contribution in [3.63, 3.8) is 0 Å². The fraction of sp³-hybridized carbons (Fsp3) is 0.421. The van der Waals surface area contributed by atoms with Crippen LogP contribution in [-0.2, 0) is 25.1 Å². The molecule has 2 aromatic rings. The second-order valence-corrected chi connectivity index (χ2v) is 15.6. The molecule has 0 spiro atoms. The minimum absolute atomic E-state index is 0.136. The van der Waals surface area contributed by atoms with Crippen molar-refractivity contribution in [2.24, 2.45) is 0 Å². The van der Waals surface area contributed by atoms with Gasteiger partial charge in [-0.3, -0.25) is 15.4 Å². The number of allylic oxidation sites excluding steroid dienone is 5. The Hall–Kier alpha value is -4.86. The maximum atomic E-state index is 13.6. The van der Waals surface area contributed by atoms with Crippen LogP contribution in [0.25, 0.3) is 0 Å². The zero-order valence-corrected chi connectivity index (χ0v) is 30.0. The number of likely N-dealkylation sites (N-methyl/N-ethyl adjacent to an activating group) is 1. The van der Waals surface area contributed by atoms with Crippen molar-refractivity contribution in [3.8, 4) is 0 Å². The van der Waals surface area contributed by atoms with E-state index in [1.165, 1.54) is 0 Å². The van der Waals surface area contributed by atoms with Gasteiger partial charge in [0, 0.05) is 64.1 Å². The molecule has 0 radical (unpaired) electrons. The van der Waals surface area contributed by atoms with E-state index in [0.717, 1.165) is 33.9 Å².